The van der Waals surface area contributed by atoms with E-state index in [1.807, 2.05) is 24.3 Å². The molecule has 0 aliphatic heterocycles. The minimum atomic E-state index is -0.445. The molecule has 2 rings (SSSR count). The van der Waals surface area contributed by atoms with Gasteiger partial charge in [-0.3, -0.25) is 0 Å². The lowest BCUT2D eigenvalue weighted by atomic mass is 10.3. The molecule has 0 spiro atoms. The summed E-state index contributed by atoms with van der Waals surface area (Å²) >= 11 is 2.88. The highest BCUT2D eigenvalue weighted by molar-refractivity contribution is 8.01. The lowest BCUT2D eigenvalue weighted by molar-refractivity contribution is -0.140. The number of para-hydroxylation sites is 1. The SMILES string of the molecule is Cl.Cl.NOC(=O)CSc1nc2ccccc2s1. The number of aromatic nitrogens is 1. The molecule has 94 valence electrons. The highest BCUT2D eigenvalue weighted by Crippen LogP contribution is 2.28. The lowest BCUT2D eigenvalue weighted by Gasteiger charge is -1.93. The number of hydrogen-bond acceptors (Lipinski definition) is 6. The van der Waals surface area contributed by atoms with Crippen molar-refractivity contribution in [2.45, 2.75) is 4.34 Å². The van der Waals surface area contributed by atoms with E-state index in [0.29, 0.717) is 0 Å². The average molecular weight is 313 g/mol. The molecule has 1 aromatic carbocycles. The summed E-state index contributed by atoms with van der Waals surface area (Å²) < 4.78 is 1.96. The van der Waals surface area contributed by atoms with Crippen molar-refractivity contribution < 1.29 is 9.63 Å². The summed E-state index contributed by atoms with van der Waals surface area (Å²) in [6.07, 6.45) is 0. The van der Waals surface area contributed by atoms with Crippen LogP contribution in [0.1, 0.15) is 0 Å². The van der Waals surface area contributed by atoms with Gasteiger partial charge >= 0.3 is 5.97 Å². The number of rotatable bonds is 3. The standard InChI is InChI=1S/C9H8N2O2S2.2ClH/c10-13-8(12)5-14-9-11-6-3-1-2-4-7(6)15-9;;/h1-4H,5,10H2;2*1H. The first-order valence-electron chi connectivity index (χ1n) is 4.17. The molecular formula is C9H10Cl2N2O2S2. The maximum Gasteiger partial charge on any atom is 0.334 e. The molecule has 2 aromatic rings. The topological polar surface area (TPSA) is 65.2 Å². The summed E-state index contributed by atoms with van der Waals surface area (Å²) in [7, 11) is 0. The fraction of sp³-hybridized carbons (Fsp3) is 0.111. The second-order valence-electron chi connectivity index (χ2n) is 2.73. The molecule has 2 N–H and O–H groups in total. The van der Waals surface area contributed by atoms with Crippen molar-refractivity contribution in [1.29, 1.82) is 0 Å². The van der Waals surface area contributed by atoms with Crippen molar-refractivity contribution in [1.82, 2.24) is 4.98 Å². The summed E-state index contributed by atoms with van der Waals surface area (Å²) in [6, 6.07) is 7.84. The monoisotopic (exact) mass is 312 g/mol. The van der Waals surface area contributed by atoms with E-state index in [4.69, 9.17) is 5.90 Å². The Kier molecular flexibility index (Phi) is 7.49. The number of nitrogens with zero attached hydrogens (tertiary/aromatic N) is 1. The Bertz CT molecular complexity index is 460. The van der Waals surface area contributed by atoms with E-state index < -0.39 is 5.97 Å². The fourth-order valence-electron chi connectivity index (χ4n) is 1.07. The van der Waals surface area contributed by atoms with Gasteiger partial charge in [0.2, 0.25) is 0 Å². The predicted octanol–water partition coefficient (Wildman–Crippen LogP) is 2.65. The number of fused-ring (bicyclic) bond motifs is 1. The van der Waals surface area contributed by atoms with Gasteiger partial charge in [0.05, 0.1) is 10.2 Å². The molecule has 0 amide bonds. The molecule has 0 saturated heterocycles. The van der Waals surface area contributed by atoms with Crippen molar-refractivity contribution in [2.75, 3.05) is 5.75 Å². The Morgan fingerprint density at radius 1 is 1.41 bits per heavy atom. The van der Waals surface area contributed by atoms with Crippen molar-refractivity contribution in [3.63, 3.8) is 0 Å². The van der Waals surface area contributed by atoms with Crippen molar-refractivity contribution in [3.05, 3.63) is 24.3 Å². The molecule has 4 nitrogen and oxygen atoms in total. The molecule has 0 saturated carbocycles. The number of benzene rings is 1. The summed E-state index contributed by atoms with van der Waals surface area (Å²) in [5.74, 6) is 4.48. The van der Waals surface area contributed by atoms with E-state index in [2.05, 4.69) is 9.82 Å². The zero-order valence-corrected chi connectivity index (χ0v) is 11.8. The smallest absolute Gasteiger partial charge is 0.334 e. The Labute approximate surface area is 119 Å². The van der Waals surface area contributed by atoms with Gasteiger partial charge in [0.15, 0.2) is 4.34 Å². The van der Waals surface area contributed by atoms with Crippen LogP contribution < -0.4 is 5.90 Å². The van der Waals surface area contributed by atoms with Crippen molar-refractivity contribution in [2.24, 2.45) is 5.90 Å². The van der Waals surface area contributed by atoms with E-state index in [1.54, 1.807) is 11.3 Å². The Morgan fingerprint density at radius 2 is 2.12 bits per heavy atom. The van der Waals surface area contributed by atoms with Crippen LogP contribution in [0.4, 0.5) is 0 Å². The van der Waals surface area contributed by atoms with Crippen LogP contribution in [0.2, 0.25) is 0 Å². The van der Waals surface area contributed by atoms with Crippen LogP contribution in [-0.4, -0.2) is 16.7 Å². The van der Waals surface area contributed by atoms with Crippen molar-refractivity contribution >= 4 is 64.1 Å². The van der Waals surface area contributed by atoms with Gasteiger partial charge in [0.1, 0.15) is 5.75 Å². The lowest BCUT2D eigenvalue weighted by Crippen LogP contribution is -2.11. The van der Waals surface area contributed by atoms with Gasteiger partial charge in [-0.2, -0.15) is 5.90 Å². The second kappa shape index (κ2) is 7.73. The molecule has 0 radical (unpaired) electrons. The molecular weight excluding hydrogens is 303 g/mol. The number of thioether (sulfide) groups is 1. The Morgan fingerprint density at radius 3 is 2.76 bits per heavy atom. The predicted molar refractivity (Wildman–Crippen MR) is 75.1 cm³/mol. The number of nitrogens with two attached hydrogens (primary N) is 1. The number of carbonyl (C=O) groups excluding carboxylic acids is 1. The molecule has 0 unspecified atom stereocenters. The molecule has 0 aliphatic carbocycles. The Balaban J connectivity index is 0.00000128. The zero-order chi connectivity index (χ0) is 10.7. The van der Waals surface area contributed by atoms with Crippen LogP contribution >= 0.6 is 47.9 Å². The minimum absolute atomic E-state index is 0. The molecule has 17 heavy (non-hydrogen) atoms. The van der Waals surface area contributed by atoms with Crippen LogP contribution in [0.5, 0.6) is 0 Å². The van der Waals surface area contributed by atoms with Crippen LogP contribution in [-0.2, 0) is 9.63 Å². The molecule has 1 aromatic heterocycles. The van der Waals surface area contributed by atoms with E-state index in [9.17, 15) is 4.79 Å². The van der Waals surface area contributed by atoms with Gasteiger partial charge < -0.3 is 4.84 Å². The molecule has 0 fully saturated rings. The van der Waals surface area contributed by atoms with E-state index in [-0.39, 0.29) is 30.6 Å². The van der Waals surface area contributed by atoms with Crippen LogP contribution in [0.15, 0.2) is 28.6 Å². The molecule has 1 heterocycles. The van der Waals surface area contributed by atoms with Gasteiger partial charge in [-0.05, 0) is 12.1 Å². The first-order chi connectivity index (χ1) is 7.29. The number of carbonyl (C=O) groups is 1. The third-order valence-electron chi connectivity index (χ3n) is 1.72. The molecule has 0 atom stereocenters. The molecule has 0 aliphatic rings. The van der Waals surface area contributed by atoms with E-state index in [0.717, 1.165) is 14.6 Å². The number of hydrogen-bond donors (Lipinski definition) is 1. The van der Waals surface area contributed by atoms with Gasteiger partial charge in [-0.1, -0.05) is 23.9 Å². The molecule has 8 heteroatoms. The van der Waals surface area contributed by atoms with Gasteiger partial charge in [-0.15, -0.1) is 36.2 Å². The fourth-order valence-corrected chi connectivity index (χ4v) is 2.92. The summed E-state index contributed by atoms with van der Waals surface area (Å²) in [4.78, 5) is 19.2. The maximum absolute atomic E-state index is 10.8. The summed E-state index contributed by atoms with van der Waals surface area (Å²) in [5, 5.41) is 0. The van der Waals surface area contributed by atoms with Crippen molar-refractivity contribution in [3.8, 4) is 0 Å². The summed E-state index contributed by atoms with van der Waals surface area (Å²) in [6.45, 7) is 0. The van der Waals surface area contributed by atoms with Crippen LogP contribution in [0, 0.1) is 0 Å². The van der Waals surface area contributed by atoms with Gasteiger partial charge in [-0.25, -0.2) is 9.78 Å². The normalized spacial score (nSPS) is 9.24. The largest absolute Gasteiger partial charge is 0.373 e. The van der Waals surface area contributed by atoms with E-state index >= 15 is 0 Å². The first kappa shape index (κ1) is 16.5. The minimum Gasteiger partial charge on any atom is -0.373 e. The van der Waals surface area contributed by atoms with Crippen LogP contribution in [0.3, 0.4) is 0 Å². The maximum atomic E-state index is 10.8. The van der Waals surface area contributed by atoms with Gasteiger partial charge in [0.25, 0.3) is 0 Å². The molecule has 0 bridgehead atoms. The number of thiazole rings is 1. The average Bonchev–Trinajstić information content (AvgIpc) is 2.68. The highest BCUT2D eigenvalue weighted by Gasteiger charge is 2.07. The number of halogens is 2. The Hall–Kier alpha value is -0.530. The first-order valence-corrected chi connectivity index (χ1v) is 5.98. The quantitative estimate of drug-likeness (QED) is 0.697. The third kappa shape index (κ3) is 4.33. The van der Waals surface area contributed by atoms with Gasteiger partial charge in [0, 0.05) is 0 Å². The second-order valence-corrected chi connectivity index (χ2v) is 4.98. The van der Waals surface area contributed by atoms with Crippen LogP contribution in [0.25, 0.3) is 10.2 Å². The van der Waals surface area contributed by atoms with E-state index in [1.165, 1.54) is 11.8 Å². The zero-order valence-electron chi connectivity index (χ0n) is 8.49. The summed E-state index contributed by atoms with van der Waals surface area (Å²) in [5.41, 5.74) is 0.950. The third-order valence-corrected chi connectivity index (χ3v) is 3.87. The highest BCUT2D eigenvalue weighted by atomic mass is 35.5.